The summed E-state index contributed by atoms with van der Waals surface area (Å²) in [6, 6.07) is 10.4. The maximum Gasteiger partial charge on any atom is 0.268 e. The molecular weight excluding hydrogens is 288 g/mol. The average Bonchev–Trinajstić information content (AvgIpc) is 2.49. The number of hydrazine groups is 1. The predicted molar refractivity (Wildman–Crippen MR) is 83.4 cm³/mol. The molecule has 0 amide bonds. The van der Waals surface area contributed by atoms with Gasteiger partial charge in [-0.1, -0.05) is 18.2 Å². The van der Waals surface area contributed by atoms with Crippen molar-refractivity contribution in [1.29, 1.82) is 0 Å². The van der Waals surface area contributed by atoms with E-state index < -0.39 is 10.0 Å². The number of aromatic nitrogens is 1. The Morgan fingerprint density at radius 3 is 2.57 bits per heavy atom. The van der Waals surface area contributed by atoms with Crippen molar-refractivity contribution in [3.8, 4) is 0 Å². The second kappa shape index (κ2) is 6.11. The number of pyridine rings is 1. The zero-order valence-electron chi connectivity index (χ0n) is 11.9. The largest absolute Gasteiger partial charge is 0.307 e. The molecule has 0 fully saturated rings. The van der Waals surface area contributed by atoms with Crippen LogP contribution in [0.3, 0.4) is 0 Å². The van der Waals surface area contributed by atoms with Crippen molar-refractivity contribution >= 4 is 21.5 Å². The highest BCUT2D eigenvalue weighted by molar-refractivity contribution is 7.93. The molecule has 0 radical (unpaired) electrons. The quantitative estimate of drug-likeness (QED) is 0.650. The van der Waals surface area contributed by atoms with Crippen molar-refractivity contribution in [2.24, 2.45) is 5.84 Å². The minimum Gasteiger partial charge on any atom is -0.307 e. The van der Waals surface area contributed by atoms with Gasteiger partial charge in [0.05, 0.1) is 5.69 Å². The van der Waals surface area contributed by atoms with Gasteiger partial charge in [-0.3, -0.25) is 4.31 Å². The van der Waals surface area contributed by atoms with E-state index >= 15 is 0 Å². The number of nitrogens with one attached hydrogen (secondary N) is 1. The third-order valence-electron chi connectivity index (χ3n) is 3.15. The minimum absolute atomic E-state index is 0.0533. The van der Waals surface area contributed by atoms with E-state index in [0.717, 1.165) is 5.56 Å². The summed E-state index contributed by atoms with van der Waals surface area (Å²) in [7, 11) is -3.74. The molecule has 1 aromatic carbocycles. The molecule has 0 aliphatic heterocycles. The summed E-state index contributed by atoms with van der Waals surface area (Å²) in [6.07, 6.45) is 1.48. The molecule has 21 heavy (non-hydrogen) atoms. The summed E-state index contributed by atoms with van der Waals surface area (Å²) >= 11 is 0. The smallest absolute Gasteiger partial charge is 0.268 e. The van der Waals surface area contributed by atoms with Crippen LogP contribution in [0.25, 0.3) is 0 Å². The van der Waals surface area contributed by atoms with Crippen molar-refractivity contribution in [2.75, 3.05) is 16.3 Å². The molecule has 6 nitrogen and oxygen atoms in total. The van der Waals surface area contributed by atoms with E-state index in [1.54, 1.807) is 19.1 Å². The minimum atomic E-state index is -3.74. The molecule has 1 heterocycles. The van der Waals surface area contributed by atoms with E-state index in [1.165, 1.54) is 16.6 Å². The molecule has 0 saturated heterocycles. The molecule has 0 aliphatic rings. The number of sulfonamides is 1. The van der Waals surface area contributed by atoms with Gasteiger partial charge < -0.3 is 5.43 Å². The molecule has 1 aromatic heterocycles. The van der Waals surface area contributed by atoms with E-state index in [2.05, 4.69) is 10.4 Å². The van der Waals surface area contributed by atoms with Crippen molar-refractivity contribution in [3.05, 3.63) is 48.2 Å². The Hall–Kier alpha value is -2.12. The average molecular weight is 306 g/mol. The highest BCUT2D eigenvalue weighted by Crippen LogP contribution is 2.28. The second-order valence-electron chi connectivity index (χ2n) is 4.45. The topological polar surface area (TPSA) is 88.3 Å². The van der Waals surface area contributed by atoms with Crippen LogP contribution < -0.4 is 15.6 Å². The number of hydrogen-bond donors (Lipinski definition) is 2. The Kier molecular flexibility index (Phi) is 4.44. The summed E-state index contributed by atoms with van der Waals surface area (Å²) in [4.78, 5) is 4.01. The van der Waals surface area contributed by atoms with Crippen LogP contribution in [-0.2, 0) is 10.0 Å². The molecule has 3 N–H and O–H groups in total. The summed E-state index contributed by atoms with van der Waals surface area (Å²) < 4.78 is 27.1. The fourth-order valence-electron chi connectivity index (χ4n) is 2.14. The number of nitrogens with two attached hydrogens (primary N) is 1. The lowest BCUT2D eigenvalue weighted by Crippen LogP contribution is -2.32. The van der Waals surface area contributed by atoms with E-state index in [-0.39, 0.29) is 10.7 Å². The first-order valence-corrected chi connectivity index (χ1v) is 7.96. The normalized spacial score (nSPS) is 11.2. The molecule has 112 valence electrons. The zero-order chi connectivity index (χ0) is 15.5. The number of nitrogen functional groups attached to an aromatic ring is 1. The number of aryl methyl sites for hydroxylation is 1. The summed E-state index contributed by atoms with van der Waals surface area (Å²) in [5.41, 5.74) is 3.86. The highest BCUT2D eigenvalue weighted by Gasteiger charge is 2.27. The molecule has 7 heteroatoms. The van der Waals surface area contributed by atoms with Crippen LogP contribution in [0.4, 0.5) is 11.5 Å². The number of para-hydroxylation sites is 1. The lowest BCUT2D eigenvalue weighted by Gasteiger charge is -2.25. The van der Waals surface area contributed by atoms with Crippen LogP contribution in [0.15, 0.2) is 47.5 Å². The van der Waals surface area contributed by atoms with Crippen LogP contribution >= 0.6 is 0 Å². The lowest BCUT2D eigenvalue weighted by atomic mass is 10.2. The first-order valence-electron chi connectivity index (χ1n) is 6.52. The van der Waals surface area contributed by atoms with Crippen molar-refractivity contribution in [1.82, 2.24) is 4.98 Å². The number of hydrogen-bond acceptors (Lipinski definition) is 5. The Morgan fingerprint density at radius 1 is 1.24 bits per heavy atom. The van der Waals surface area contributed by atoms with Gasteiger partial charge >= 0.3 is 0 Å². The molecule has 0 unspecified atom stereocenters. The Bertz CT molecular complexity index is 731. The Labute approximate surface area is 124 Å². The number of rotatable bonds is 5. The first-order chi connectivity index (χ1) is 10.0. The van der Waals surface area contributed by atoms with Crippen LogP contribution in [0.5, 0.6) is 0 Å². The standard InChI is InChI=1S/C14H18N4O2S/c1-3-18(12-8-5-4-7-11(12)2)21(19,20)13-9-6-10-16-14(13)17-15/h4-10H,3,15H2,1-2H3,(H,16,17). The van der Waals surface area contributed by atoms with Crippen molar-refractivity contribution < 1.29 is 8.42 Å². The van der Waals surface area contributed by atoms with Gasteiger partial charge in [-0.05, 0) is 37.6 Å². The van der Waals surface area contributed by atoms with Gasteiger partial charge in [-0.25, -0.2) is 19.2 Å². The fourth-order valence-corrected chi connectivity index (χ4v) is 3.79. The maximum atomic E-state index is 12.9. The van der Waals surface area contributed by atoms with Crippen LogP contribution in [0.2, 0.25) is 0 Å². The first kappa shape index (κ1) is 15.3. The van der Waals surface area contributed by atoms with Crippen LogP contribution in [-0.4, -0.2) is 19.9 Å². The van der Waals surface area contributed by atoms with Gasteiger partial charge in [-0.2, -0.15) is 0 Å². The van der Waals surface area contributed by atoms with Gasteiger partial charge in [0, 0.05) is 12.7 Å². The van der Waals surface area contributed by atoms with Crippen LogP contribution in [0.1, 0.15) is 12.5 Å². The van der Waals surface area contributed by atoms with Gasteiger partial charge in [0.1, 0.15) is 4.90 Å². The van der Waals surface area contributed by atoms with E-state index in [4.69, 9.17) is 5.84 Å². The third kappa shape index (κ3) is 2.84. The van der Waals surface area contributed by atoms with Gasteiger partial charge in [0.2, 0.25) is 0 Å². The third-order valence-corrected chi connectivity index (χ3v) is 5.07. The van der Waals surface area contributed by atoms with E-state index in [0.29, 0.717) is 12.2 Å². The van der Waals surface area contributed by atoms with Gasteiger partial charge in [-0.15, -0.1) is 0 Å². The Morgan fingerprint density at radius 2 is 1.95 bits per heavy atom. The van der Waals surface area contributed by atoms with E-state index in [1.807, 2.05) is 25.1 Å². The van der Waals surface area contributed by atoms with Crippen molar-refractivity contribution in [2.45, 2.75) is 18.7 Å². The monoisotopic (exact) mass is 306 g/mol. The predicted octanol–water partition coefficient (Wildman–Crippen LogP) is 1.89. The number of anilines is 2. The second-order valence-corrected chi connectivity index (χ2v) is 6.28. The molecule has 0 spiro atoms. The molecular formula is C14H18N4O2S. The maximum absolute atomic E-state index is 12.9. The summed E-state index contributed by atoms with van der Waals surface area (Å²) in [5.74, 6) is 5.49. The van der Waals surface area contributed by atoms with Crippen molar-refractivity contribution in [3.63, 3.8) is 0 Å². The SMILES string of the molecule is CCN(c1ccccc1C)S(=O)(=O)c1cccnc1NN. The zero-order valence-corrected chi connectivity index (χ0v) is 12.8. The van der Waals surface area contributed by atoms with Crippen LogP contribution in [0, 0.1) is 6.92 Å². The number of benzene rings is 1. The summed E-state index contributed by atoms with van der Waals surface area (Å²) in [5, 5.41) is 0. The highest BCUT2D eigenvalue weighted by atomic mass is 32.2. The Balaban J connectivity index is 2.58. The van der Waals surface area contributed by atoms with Gasteiger partial charge in [0.15, 0.2) is 5.82 Å². The summed E-state index contributed by atoms with van der Waals surface area (Å²) in [6.45, 7) is 3.97. The van der Waals surface area contributed by atoms with E-state index in [9.17, 15) is 8.42 Å². The molecule has 0 aliphatic carbocycles. The molecule has 0 saturated carbocycles. The molecule has 0 atom stereocenters. The fraction of sp³-hybridized carbons (Fsp3) is 0.214. The molecule has 2 rings (SSSR count). The number of nitrogens with zero attached hydrogens (tertiary/aromatic N) is 2. The van der Waals surface area contributed by atoms with Gasteiger partial charge in [0.25, 0.3) is 10.0 Å². The lowest BCUT2D eigenvalue weighted by molar-refractivity contribution is 0.591. The molecule has 2 aromatic rings. The molecule has 0 bridgehead atoms.